The molecule has 0 unspecified atom stereocenters. The third kappa shape index (κ3) is 3.20. The van der Waals surface area contributed by atoms with Crippen LogP contribution in [0.25, 0.3) is 0 Å². The molecule has 0 radical (unpaired) electrons. The molecule has 0 spiro atoms. The van der Waals surface area contributed by atoms with Crippen molar-refractivity contribution < 1.29 is 5.11 Å². The lowest BCUT2D eigenvalue weighted by Gasteiger charge is -2.12. The number of hydrogen-bond donors (Lipinski definition) is 1. The van der Waals surface area contributed by atoms with Crippen LogP contribution in [-0.4, -0.2) is 11.2 Å². The van der Waals surface area contributed by atoms with Gasteiger partial charge in [0, 0.05) is 0 Å². The average Bonchev–Trinajstić information content (AvgIpc) is 2.59. The van der Waals surface area contributed by atoms with E-state index in [9.17, 15) is 5.11 Å². The van der Waals surface area contributed by atoms with Crippen LogP contribution in [-0.2, 0) is 0 Å². The Morgan fingerprint density at radius 3 is 2.67 bits per heavy atom. The summed E-state index contributed by atoms with van der Waals surface area (Å²) in [5, 5.41) is 9.79. The van der Waals surface area contributed by atoms with Crippen molar-refractivity contribution in [2.75, 3.05) is 0 Å². The molecule has 1 heteroatoms. The average molecular weight is 206 g/mol. The van der Waals surface area contributed by atoms with Crippen LogP contribution in [0.3, 0.4) is 0 Å². The van der Waals surface area contributed by atoms with Crippen molar-refractivity contribution in [3.63, 3.8) is 0 Å². The molecule has 1 atom stereocenters. The summed E-state index contributed by atoms with van der Waals surface area (Å²) in [6, 6.07) is 0. The molecule has 2 aliphatic rings. The predicted molar refractivity (Wildman–Crippen MR) is 63.7 cm³/mol. The van der Waals surface area contributed by atoms with Crippen LogP contribution in [0.2, 0.25) is 0 Å². The molecule has 2 aliphatic carbocycles. The monoisotopic (exact) mass is 206 g/mol. The first-order valence-electron chi connectivity index (χ1n) is 6.43. The van der Waals surface area contributed by atoms with Gasteiger partial charge in [-0.1, -0.05) is 18.6 Å². The molecule has 1 N–H and O–H groups in total. The van der Waals surface area contributed by atoms with Gasteiger partial charge in [-0.15, -0.1) is 0 Å². The molecule has 0 aliphatic heterocycles. The molecule has 15 heavy (non-hydrogen) atoms. The van der Waals surface area contributed by atoms with Gasteiger partial charge < -0.3 is 5.11 Å². The SMILES string of the molecule is O[C@H]1CCCC=C(C2=CCCCCC2)C1. The fourth-order valence-electron chi connectivity index (χ4n) is 2.64. The van der Waals surface area contributed by atoms with Crippen molar-refractivity contribution in [3.8, 4) is 0 Å². The minimum absolute atomic E-state index is 0.0945. The molecule has 0 fully saturated rings. The Kier molecular flexibility index (Phi) is 4.01. The van der Waals surface area contributed by atoms with E-state index in [0.29, 0.717) is 0 Å². The standard InChI is InChI=1S/C14H22O/c15-14-10-6-5-9-13(11-14)12-7-3-1-2-4-8-12/h7,9,14-15H,1-6,8,10-11H2/t14-/m0/s1. The maximum absolute atomic E-state index is 9.79. The van der Waals surface area contributed by atoms with Gasteiger partial charge >= 0.3 is 0 Å². The zero-order chi connectivity index (χ0) is 10.5. The van der Waals surface area contributed by atoms with E-state index in [1.54, 1.807) is 0 Å². The molecular weight excluding hydrogens is 184 g/mol. The highest BCUT2D eigenvalue weighted by molar-refractivity contribution is 5.32. The molecule has 0 saturated carbocycles. The summed E-state index contributed by atoms with van der Waals surface area (Å²) in [5.74, 6) is 0. The molecule has 0 aromatic carbocycles. The topological polar surface area (TPSA) is 20.2 Å². The summed E-state index contributed by atoms with van der Waals surface area (Å²) in [5.41, 5.74) is 2.98. The largest absolute Gasteiger partial charge is 0.393 e. The van der Waals surface area contributed by atoms with Crippen LogP contribution < -0.4 is 0 Å². The minimum atomic E-state index is -0.0945. The zero-order valence-corrected chi connectivity index (χ0v) is 9.54. The van der Waals surface area contributed by atoms with Crippen molar-refractivity contribution in [2.45, 2.75) is 63.9 Å². The Labute approximate surface area is 92.9 Å². The van der Waals surface area contributed by atoms with Crippen LogP contribution >= 0.6 is 0 Å². The predicted octanol–water partition coefficient (Wildman–Crippen LogP) is 3.74. The van der Waals surface area contributed by atoms with Gasteiger partial charge in [0.2, 0.25) is 0 Å². The van der Waals surface area contributed by atoms with Crippen molar-refractivity contribution in [2.24, 2.45) is 0 Å². The first-order valence-corrected chi connectivity index (χ1v) is 6.43. The third-order valence-electron chi connectivity index (χ3n) is 3.54. The van der Waals surface area contributed by atoms with Crippen LogP contribution in [0.4, 0.5) is 0 Å². The molecule has 0 bridgehead atoms. The maximum atomic E-state index is 9.79. The van der Waals surface area contributed by atoms with Crippen LogP contribution in [0.15, 0.2) is 23.3 Å². The first kappa shape index (κ1) is 10.9. The lowest BCUT2D eigenvalue weighted by Crippen LogP contribution is -2.06. The van der Waals surface area contributed by atoms with E-state index in [0.717, 1.165) is 25.7 Å². The van der Waals surface area contributed by atoms with Gasteiger partial charge in [-0.2, -0.15) is 0 Å². The molecule has 2 rings (SSSR count). The van der Waals surface area contributed by atoms with Gasteiger partial charge in [-0.05, 0) is 62.5 Å². The van der Waals surface area contributed by atoms with Crippen molar-refractivity contribution in [3.05, 3.63) is 23.3 Å². The molecule has 0 aromatic rings. The van der Waals surface area contributed by atoms with Gasteiger partial charge in [0.1, 0.15) is 0 Å². The van der Waals surface area contributed by atoms with E-state index < -0.39 is 0 Å². The van der Waals surface area contributed by atoms with Crippen molar-refractivity contribution in [1.29, 1.82) is 0 Å². The maximum Gasteiger partial charge on any atom is 0.0580 e. The summed E-state index contributed by atoms with van der Waals surface area (Å²) >= 11 is 0. The highest BCUT2D eigenvalue weighted by atomic mass is 16.3. The summed E-state index contributed by atoms with van der Waals surface area (Å²) < 4.78 is 0. The van der Waals surface area contributed by atoms with E-state index in [1.165, 1.54) is 43.3 Å². The van der Waals surface area contributed by atoms with E-state index in [2.05, 4.69) is 12.2 Å². The lowest BCUT2D eigenvalue weighted by atomic mass is 9.96. The van der Waals surface area contributed by atoms with E-state index in [4.69, 9.17) is 0 Å². The second-order valence-electron chi connectivity index (χ2n) is 4.85. The Balaban J connectivity index is 2.06. The Hall–Kier alpha value is -0.560. The number of aliphatic hydroxyl groups is 1. The van der Waals surface area contributed by atoms with Gasteiger partial charge in [0.25, 0.3) is 0 Å². The van der Waals surface area contributed by atoms with Gasteiger partial charge in [-0.3, -0.25) is 0 Å². The Morgan fingerprint density at radius 2 is 1.73 bits per heavy atom. The van der Waals surface area contributed by atoms with Gasteiger partial charge in [-0.25, -0.2) is 0 Å². The zero-order valence-electron chi connectivity index (χ0n) is 9.54. The van der Waals surface area contributed by atoms with Gasteiger partial charge in [0.05, 0.1) is 6.10 Å². The highest BCUT2D eigenvalue weighted by Crippen LogP contribution is 2.29. The molecule has 0 amide bonds. The molecule has 1 nitrogen and oxygen atoms in total. The number of aliphatic hydroxyl groups excluding tert-OH is 1. The van der Waals surface area contributed by atoms with Crippen LogP contribution in [0, 0.1) is 0 Å². The summed E-state index contributed by atoms with van der Waals surface area (Å²) in [4.78, 5) is 0. The molecule has 0 aromatic heterocycles. The summed E-state index contributed by atoms with van der Waals surface area (Å²) in [7, 11) is 0. The minimum Gasteiger partial charge on any atom is -0.393 e. The fraction of sp³-hybridized carbons (Fsp3) is 0.714. The summed E-state index contributed by atoms with van der Waals surface area (Å²) in [6.45, 7) is 0. The first-order chi connectivity index (χ1) is 7.36. The smallest absolute Gasteiger partial charge is 0.0580 e. The Morgan fingerprint density at radius 1 is 0.933 bits per heavy atom. The normalized spacial score (nSPS) is 28.7. The van der Waals surface area contributed by atoms with Crippen molar-refractivity contribution in [1.82, 2.24) is 0 Å². The fourth-order valence-corrected chi connectivity index (χ4v) is 2.64. The summed E-state index contributed by atoms with van der Waals surface area (Å²) in [6.07, 6.45) is 15.4. The second-order valence-corrected chi connectivity index (χ2v) is 4.85. The number of hydrogen-bond acceptors (Lipinski definition) is 1. The van der Waals surface area contributed by atoms with Crippen LogP contribution in [0.5, 0.6) is 0 Å². The molecular formula is C14H22O. The van der Waals surface area contributed by atoms with E-state index in [-0.39, 0.29) is 6.10 Å². The third-order valence-corrected chi connectivity index (χ3v) is 3.54. The Bertz CT molecular complexity index is 263. The van der Waals surface area contributed by atoms with E-state index >= 15 is 0 Å². The quantitative estimate of drug-likeness (QED) is 0.693. The van der Waals surface area contributed by atoms with Crippen LogP contribution in [0.1, 0.15) is 57.8 Å². The highest BCUT2D eigenvalue weighted by Gasteiger charge is 2.15. The lowest BCUT2D eigenvalue weighted by molar-refractivity contribution is 0.165. The van der Waals surface area contributed by atoms with E-state index in [1.807, 2.05) is 0 Å². The molecule has 0 heterocycles. The molecule has 84 valence electrons. The second kappa shape index (κ2) is 5.50. The van der Waals surface area contributed by atoms with Gasteiger partial charge in [0.15, 0.2) is 0 Å². The number of rotatable bonds is 1. The molecule has 0 saturated heterocycles. The number of allylic oxidation sites excluding steroid dienone is 3. The van der Waals surface area contributed by atoms with Crippen molar-refractivity contribution >= 4 is 0 Å².